The molecule has 4 fully saturated rings. The summed E-state index contributed by atoms with van der Waals surface area (Å²) in [6.45, 7) is -0.230. The van der Waals surface area contributed by atoms with Crippen LogP contribution in [0, 0.1) is 11.8 Å². The van der Waals surface area contributed by atoms with Crippen LogP contribution in [0.5, 0.6) is 0 Å². The monoisotopic (exact) mass is 1400 g/mol. The summed E-state index contributed by atoms with van der Waals surface area (Å²) in [7, 11) is 0. The number of piperidine rings is 2. The second-order valence-corrected chi connectivity index (χ2v) is 31.1. The topological polar surface area (TPSA) is 14.7 Å². The average Bonchev–Trinajstić information content (AvgIpc) is 0.730. The van der Waals surface area contributed by atoms with E-state index in [9.17, 15) is 0 Å². The molecule has 110 heavy (non-hydrogen) atoms. The van der Waals surface area contributed by atoms with Gasteiger partial charge < -0.3 is 19.3 Å². The summed E-state index contributed by atoms with van der Waals surface area (Å²) >= 11 is 0. The number of anilines is 7. The fourth-order valence-electron chi connectivity index (χ4n) is 20.1. The molecular weight excluding hydrogens is 1330 g/mol. The largest absolute Gasteiger partial charge is 0.365 e. The van der Waals surface area contributed by atoms with Gasteiger partial charge in [-0.25, -0.2) is 0 Å². The Morgan fingerprint density at radius 1 is 0.227 bits per heavy atom. The zero-order chi connectivity index (χ0) is 72.3. The summed E-state index contributed by atoms with van der Waals surface area (Å²) < 4.78 is 2.56. The number of hydrogen-bond donors (Lipinski definition) is 0. The van der Waals surface area contributed by atoms with Crippen molar-refractivity contribution in [3.05, 3.63) is 382 Å². The van der Waals surface area contributed by atoms with Gasteiger partial charge in [0, 0.05) is 79.2 Å². The predicted molar refractivity (Wildman–Crippen MR) is 464 cm³/mol. The molecule has 1 aromatic heterocycles. The van der Waals surface area contributed by atoms with Crippen LogP contribution in [0.15, 0.2) is 382 Å². The SMILES string of the molecule is c1ccc(-c2cc(-c3ccccc3)c(N3c4cc(N5C6CC7CC(C6)CC5C7)ccc4B4c5ccc(-n6c7ccc(-c8ccccc8)cc7c7cc(-c8ccccc8)ccc76)cc5N(c5c(-c6ccccc6)cc(-c6ccccc6)cc5-c5ccccc5)c5cc(-c6ccccc6)cc3c54)c(-c3ccccc3)c2)cc1. The summed E-state index contributed by atoms with van der Waals surface area (Å²) in [5, 5.41) is 2.41. The highest BCUT2D eigenvalue weighted by Crippen LogP contribution is 2.57. The normalized spacial score (nSPS) is 16.5. The van der Waals surface area contributed by atoms with Gasteiger partial charge in [0.05, 0.1) is 22.4 Å². The lowest BCUT2D eigenvalue weighted by atomic mass is 9.33. The predicted octanol–water partition coefficient (Wildman–Crippen LogP) is 25.6. The highest BCUT2D eigenvalue weighted by atomic mass is 15.2. The Bertz CT molecular complexity index is 6140. The Kier molecular flexibility index (Phi) is 15.3. The average molecular weight is 1410 g/mol. The van der Waals surface area contributed by atoms with Gasteiger partial charge in [-0.3, -0.25) is 0 Å². The summed E-state index contributed by atoms with van der Waals surface area (Å²) in [5.74, 6) is 1.61. The van der Waals surface area contributed by atoms with E-state index in [1.54, 1.807) is 0 Å². The first-order valence-electron chi connectivity index (χ1n) is 39.3. The van der Waals surface area contributed by atoms with Crippen LogP contribution in [0.2, 0.25) is 0 Å². The van der Waals surface area contributed by atoms with Crippen molar-refractivity contribution in [2.24, 2.45) is 11.8 Å². The second-order valence-electron chi connectivity index (χ2n) is 31.1. The van der Waals surface area contributed by atoms with Gasteiger partial charge in [-0.2, -0.15) is 0 Å². The summed E-state index contributed by atoms with van der Waals surface area (Å²) in [6.07, 6.45) is 6.46. The van der Waals surface area contributed by atoms with Crippen molar-refractivity contribution < 1.29 is 0 Å². The highest BCUT2D eigenvalue weighted by molar-refractivity contribution is 7.00. The second kappa shape index (κ2) is 26.3. The third-order valence-corrected chi connectivity index (χ3v) is 24.8. The molecule has 5 heterocycles. The minimum absolute atomic E-state index is 0.230. The molecule has 2 saturated heterocycles. The van der Waals surface area contributed by atoms with Crippen molar-refractivity contribution in [3.63, 3.8) is 0 Å². The summed E-state index contributed by atoms with van der Waals surface area (Å²) in [6, 6.07) is 146. The molecule has 4 bridgehead atoms. The van der Waals surface area contributed by atoms with Crippen molar-refractivity contribution in [3.8, 4) is 106 Å². The van der Waals surface area contributed by atoms with Gasteiger partial charge in [0.25, 0.3) is 6.71 Å². The molecule has 6 aliphatic rings. The van der Waals surface area contributed by atoms with Crippen LogP contribution in [0.4, 0.5) is 39.8 Å². The molecule has 0 spiro atoms. The van der Waals surface area contributed by atoms with Crippen molar-refractivity contribution in [2.75, 3.05) is 14.7 Å². The zero-order valence-electron chi connectivity index (χ0n) is 61.1. The molecule has 2 saturated carbocycles. The van der Waals surface area contributed by atoms with Crippen molar-refractivity contribution in [1.82, 2.24) is 4.57 Å². The Balaban J connectivity index is 0.892. The number of nitrogens with zero attached hydrogens (tertiary/aromatic N) is 4. The van der Waals surface area contributed by atoms with E-state index in [-0.39, 0.29) is 6.71 Å². The molecule has 2 aliphatic carbocycles. The molecule has 23 rings (SSSR count). The molecule has 520 valence electrons. The van der Waals surface area contributed by atoms with Crippen LogP contribution in [0.25, 0.3) is 128 Å². The van der Waals surface area contributed by atoms with E-state index in [1.807, 2.05) is 0 Å². The van der Waals surface area contributed by atoms with Crippen LogP contribution >= 0.6 is 0 Å². The van der Waals surface area contributed by atoms with Crippen molar-refractivity contribution in [2.45, 2.75) is 44.2 Å². The molecule has 0 N–H and O–H groups in total. The lowest BCUT2D eigenvalue weighted by Gasteiger charge is -2.57. The summed E-state index contributed by atoms with van der Waals surface area (Å²) in [5.41, 5.74) is 36.3. The van der Waals surface area contributed by atoms with Crippen molar-refractivity contribution >= 4 is 84.7 Å². The first-order valence-corrected chi connectivity index (χ1v) is 39.3. The first kappa shape index (κ1) is 64.0. The minimum Gasteiger partial charge on any atom is -0.365 e. The summed E-state index contributed by atoms with van der Waals surface area (Å²) in [4.78, 5) is 8.42. The zero-order valence-corrected chi connectivity index (χ0v) is 61.1. The minimum atomic E-state index is -0.230. The lowest BCUT2D eigenvalue weighted by molar-refractivity contribution is 0.0900. The van der Waals surface area contributed by atoms with Gasteiger partial charge in [-0.1, -0.05) is 297 Å². The fraction of sp³-hybridized carbons (Fsp3) is 0.0857. The van der Waals surface area contributed by atoms with Crippen LogP contribution in [0.1, 0.15) is 32.1 Å². The molecule has 16 aromatic carbocycles. The quantitative estimate of drug-likeness (QED) is 0.107. The molecule has 0 radical (unpaired) electrons. The van der Waals surface area contributed by atoms with Gasteiger partial charge in [0.15, 0.2) is 0 Å². The number of aromatic nitrogens is 1. The molecule has 0 atom stereocenters. The van der Waals surface area contributed by atoms with Gasteiger partial charge >= 0.3 is 0 Å². The molecular formula is C105H77BN4. The van der Waals surface area contributed by atoms with E-state index in [0.717, 1.165) is 113 Å². The van der Waals surface area contributed by atoms with Gasteiger partial charge in [0.2, 0.25) is 0 Å². The third-order valence-electron chi connectivity index (χ3n) is 24.8. The van der Waals surface area contributed by atoms with Crippen LogP contribution < -0.4 is 31.1 Å². The van der Waals surface area contributed by atoms with E-state index in [2.05, 4.69) is 401 Å². The van der Waals surface area contributed by atoms with Crippen LogP contribution in [0.3, 0.4) is 0 Å². The Labute approximate surface area is 643 Å². The maximum Gasteiger partial charge on any atom is 0.252 e. The standard InChI is InChI=1S/C105H77BN4/c1-10-28-71(29-11-1)80-46-52-97-93(59-80)94-60-81(72-30-12-2-13-31-72)47-53-98(94)108(97)86-49-51-96-100(68-86)110(105-91(78-42-24-8-25-43-78)63-83(74-34-16-4-17-35-74)64-92(105)79-44-26-9-27-45-79)102-66-84(75-36-18-5-19-37-75)65-101-103(102)106(96)95-50-48-85(107-87-55-69-54-70(57-87)58-88(107)56-69)67-99(95)109(101)104-89(76-38-20-6-21-39-76)61-82(73-32-14-3-15-33-73)62-90(104)77-40-22-7-23-41-77/h1-53,59-70,87-88H,54-58H2. The molecule has 17 aromatic rings. The van der Waals surface area contributed by atoms with E-state index in [0.29, 0.717) is 12.1 Å². The van der Waals surface area contributed by atoms with Gasteiger partial charge in [-0.15, -0.1) is 0 Å². The number of benzene rings is 16. The smallest absolute Gasteiger partial charge is 0.252 e. The Morgan fingerprint density at radius 3 is 0.873 bits per heavy atom. The van der Waals surface area contributed by atoms with Gasteiger partial charge in [-0.05, 0) is 223 Å². The maximum absolute atomic E-state index is 2.91. The van der Waals surface area contributed by atoms with E-state index in [1.165, 1.54) is 115 Å². The van der Waals surface area contributed by atoms with E-state index >= 15 is 0 Å². The molecule has 5 heteroatoms. The Morgan fingerprint density at radius 2 is 0.527 bits per heavy atom. The third kappa shape index (κ3) is 10.7. The Hall–Kier alpha value is -13.2. The van der Waals surface area contributed by atoms with E-state index in [4.69, 9.17) is 0 Å². The fourth-order valence-corrected chi connectivity index (χ4v) is 20.1. The van der Waals surface area contributed by atoms with Crippen LogP contribution in [-0.4, -0.2) is 23.4 Å². The molecule has 4 nitrogen and oxygen atoms in total. The number of hydrogen-bond acceptors (Lipinski definition) is 3. The number of fused-ring (bicyclic) bond motifs is 7. The van der Waals surface area contributed by atoms with Gasteiger partial charge in [0.1, 0.15) is 0 Å². The lowest BCUT2D eigenvalue weighted by Crippen LogP contribution is -2.62. The molecule has 0 unspecified atom stereocenters. The van der Waals surface area contributed by atoms with Crippen molar-refractivity contribution in [1.29, 1.82) is 0 Å². The number of rotatable bonds is 13. The molecule has 4 aliphatic heterocycles. The van der Waals surface area contributed by atoms with E-state index < -0.39 is 0 Å². The van der Waals surface area contributed by atoms with Crippen LogP contribution in [-0.2, 0) is 0 Å². The molecule has 0 amide bonds. The highest BCUT2D eigenvalue weighted by Gasteiger charge is 2.49. The maximum atomic E-state index is 2.91. The first-order chi connectivity index (χ1) is 54.5.